The molecule has 0 radical (unpaired) electrons. The van der Waals surface area contributed by atoms with Gasteiger partial charge in [-0.25, -0.2) is 18.4 Å². The summed E-state index contributed by atoms with van der Waals surface area (Å²) in [6.07, 6.45) is 1.48. The zero-order chi connectivity index (χ0) is 25.4. The third kappa shape index (κ3) is 4.29. The molecular formula is C24H25N7O5S. The minimum Gasteiger partial charge on any atom is -0.494 e. The summed E-state index contributed by atoms with van der Waals surface area (Å²) >= 11 is 0. The van der Waals surface area contributed by atoms with Crippen molar-refractivity contribution in [3.8, 4) is 22.9 Å². The summed E-state index contributed by atoms with van der Waals surface area (Å²) in [5, 5.41) is 8.64. The zero-order valence-electron chi connectivity index (χ0n) is 20.1. The predicted octanol–water partition coefficient (Wildman–Crippen LogP) is 1.89. The van der Waals surface area contributed by atoms with Gasteiger partial charge in [0.1, 0.15) is 25.3 Å². The van der Waals surface area contributed by atoms with Gasteiger partial charge in [0, 0.05) is 32.2 Å². The number of fused-ring (bicyclic) bond motifs is 2. The van der Waals surface area contributed by atoms with Gasteiger partial charge in [-0.1, -0.05) is 5.21 Å². The van der Waals surface area contributed by atoms with Crippen molar-refractivity contribution in [3.63, 3.8) is 0 Å². The smallest absolute Gasteiger partial charge is 0.243 e. The number of rotatable bonds is 6. The lowest BCUT2D eigenvalue weighted by molar-refractivity contribution is 0.171. The van der Waals surface area contributed by atoms with Crippen LogP contribution in [0, 0.1) is 0 Å². The quantitative estimate of drug-likeness (QED) is 0.370. The molecule has 6 rings (SSSR count). The molecule has 0 atom stereocenters. The molecule has 2 aliphatic heterocycles. The maximum absolute atomic E-state index is 13.3. The van der Waals surface area contributed by atoms with E-state index in [0.29, 0.717) is 74.5 Å². The molecule has 1 saturated heterocycles. The first-order valence-corrected chi connectivity index (χ1v) is 13.4. The second-order valence-electron chi connectivity index (χ2n) is 8.49. The SMILES string of the molecule is CCOc1ccc(-n2nnc3c(N4CCN(S(=O)(=O)c5ccc6c(c5)OCCO6)CC4)ncnc32)cc1. The molecule has 2 aromatic carbocycles. The van der Waals surface area contributed by atoms with Crippen LogP contribution in [0.25, 0.3) is 16.9 Å². The lowest BCUT2D eigenvalue weighted by atomic mass is 10.3. The minimum atomic E-state index is -3.69. The van der Waals surface area contributed by atoms with Gasteiger partial charge in [-0.2, -0.15) is 8.99 Å². The minimum absolute atomic E-state index is 0.188. The molecule has 0 amide bonds. The van der Waals surface area contributed by atoms with Gasteiger partial charge >= 0.3 is 0 Å². The van der Waals surface area contributed by atoms with Gasteiger partial charge in [-0.15, -0.1) is 5.10 Å². The van der Waals surface area contributed by atoms with Crippen molar-refractivity contribution in [1.82, 2.24) is 29.3 Å². The Morgan fingerprint density at radius 3 is 2.46 bits per heavy atom. The van der Waals surface area contributed by atoms with Crippen molar-refractivity contribution in [3.05, 3.63) is 48.8 Å². The van der Waals surface area contributed by atoms with E-state index >= 15 is 0 Å². The summed E-state index contributed by atoms with van der Waals surface area (Å²) in [5.74, 6) is 2.40. The van der Waals surface area contributed by atoms with Crippen molar-refractivity contribution < 1.29 is 22.6 Å². The topological polar surface area (TPSA) is 125 Å². The van der Waals surface area contributed by atoms with E-state index in [1.165, 1.54) is 16.7 Å². The van der Waals surface area contributed by atoms with Gasteiger partial charge in [0.15, 0.2) is 28.5 Å². The fourth-order valence-electron chi connectivity index (χ4n) is 4.47. The number of aromatic nitrogens is 5. The van der Waals surface area contributed by atoms with Crippen LogP contribution in [0.5, 0.6) is 17.2 Å². The second-order valence-corrected chi connectivity index (χ2v) is 10.4. The third-order valence-corrected chi connectivity index (χ3v) is 8.19. The van der Waals surface area contributed by atoms with E-state index in [9.17, 15) is 8.42 Å². The first kappa shape index (κ1) is 23.4. The Balaban J connectivity index is 1.20. The van der Waals surface area contributed by atoms with Gasteiger partial charge in [0.05, 0.1) is 17.2 Å². The lowest BCUT2D eigenvalue weighted by Crippen LogP contribution is -2.49. The Bertz CT molecular complexity index is 1530. The second kappa shape index (κ2) is 9.48. The molecule has 37 heavy (non-hydrogen) atoms. The molecule has 12 nitrogen and oxygen atoms in total. The maximum atomic E-state index is 13.3. The van der Waals surface area contributed by atoms with E-state index in [0.717, 1.165) is 11.4 Å². The Morgan fingerprint density at radius 2 is 1.70 bits per heavy atom. The molecule has 0 aliphatic carbocycles. The van der Waals surface area contributed by atoms with Gasteiger partial charge in [0.2, 0.25) is 10.0 Å². The van der Waals surface area contributed by atoms with Crippen molar-refractivity contribution in [2.24, 2.45) is 0 Å². The van der Waals surface area contributed by atoms with Crippen LogP contribution < -0.4 is 19.1 Å². The normalized spacial score (nSPS) is 16.2. The average molecular weight is 524 g/mol. The highest BCUT2D eigenvalue weighted by molar-refractivity contribution is 7.89. The molecule has 4 aromatic rings. The average Bonchev–Trinajstić information content (AvgIpc) is 3.38. The monoisotopic (exact) mass is 523 g/mol. The van der Waals surface area contributed by atoms with Crippen molar-refractivity contribution in [2.45, 2.75) is 11.8 Å². The maximum Gasteiger partial charge on any atom is 0.243 e. The van der Waals surface area contributed by atoms with Crippen LogP contribution in [0.2, 0.25) is 0 Å². The van der Waals surface area contributed by atoms with Crippen LogP contribution in [0.1, 0.15) is 6.92 Å². The van der Waals surface area contributed by atoms with Crippen LogP contribution in [0.15, 0.2) is 53.7 Å². The molecule has 13 heteroatoms. The molecule has 0 bridgehead atoms. The molecule has 2 aromatic heterocycles. The molecule has 1 fully saturated rings. The highest BCUT2D eigenvalue weighted by Gasteiger charge is 2.31. The van der Waals surface area contributed by atoms with Crippen LogP contribution in [0.4, 0.5) is 5.82 Å². The van der Waals surface area contributed by atoms with Crippen molar-refractivity contribution in [2.75, 3.05) is 50.9 Å². The van der Waals surface area contributed by atoms with Crippen LogP contribution in [0.3, 0.4) is 0 Å². The van der Waals surface area contributed by atoms with Crippen LogP contribution in [-0.4, -0.2) is 83.7 Å². The summed E-state index contributed by atoms with van der Waals surface area (Å²) in [5.41, 5.74) is 1.92. The Hall–Kier alpha value is -3.97. The lowest BCUT2D eigenvalue weighted by Gasteiger charge is -2.34. The molecule has 0 saturated carbocycles. The number of anilines is 1. The van der Waals surface area contributed by atoms with Crippen LogP contribution in [-0.2, 0) is 10.0 Å². The van der Waals surface area contributed by atoms with E-state index in [4.69, 9.17) is 14.2 Å². The number of ether oxygens (including phenoxy) is 3. The largest absolute Gasteiger partial charge is 0.494 e. The van der Waals surface area contributed by atoms with E-state index < -0.39 is 10.0 Å². The van der Waals surface area contributed by atoms with Gasteiger partial charge in [-0.3, -0.25) is 0 Å². The fourth-order valence-corrected chi connectivity index (χ4v) is 5.90. The van der Waals surface area contributed by atoms with Crippen molar-refractivity contribution >= 4 is 27.0 Å². The zero-order valence-corrected chi connectivity index (χ0v) is 21.0. The Labute approximate surface area is 213 Å². The fraction of sp³-hybridized carbons (Fsp3) is 0.333. The highest BCUT2D eigenvalue weighted by atomic mass is 32.2. The van der Waals surface area contributed by atoms with E-state index in [-0.39, 0.29) is 4.90 Å². The molecule has 0 spiro atoms. The highest BCUT2D eigenvalue weighted by Crippen LogP contribution is 2.33. The van der Waals surface area contributed by atoms with Gasteiger partial charge in [0.25, 0.3) is 0 Å². The third-order valence-electron chi connectivity index (χ3n) is 6.30. The first-order valence-electron chi connectivity index (χ1n) is 12.0. The standard InChI is InChI=1S/C24H25N7O5S/c1-2-34-18-5-3-17(4-6-18)31-24-22(27-28-31)23(25-16-26-24)29-9-11-30(12-10-29)37(32,33)19-7-8-20-21(15-19)36-14-13-35-20/h3-8,15-16H,2,9-14H2,1H3. The predicted molar refractivity (Wildman–Crippen MR) is 134 cm³/mol. The first-order chi connectivity index (χ1) is 18.0. The number of benzene rings is 2. The molecule has 0 unspecified atom stereocenters. The number of hydrogen-bond donors (Lipinski definition) is 0. The number of piperazine rings is 1. The molecule has 0 N–H and O–H groups in total. The number of sulfonamides is 1. The van der Waals surface area contributed by atoms with Gasteiger partial charge < -0.3 is 19.1 Å². The molecule has 4 heterocycles. The Kier molecular flexibility index (Phi) is 6.00. The summed E-state index contributed by atoms with van der Waals surface area (Å²) in [7, 11) is -3.69. The van der Waals surface area contributed by atoms with Gasteiger partial charge in [-0.05, 0) is 43.3 Å². The number of hydrogen-bond acceptors (Lipinski definition) is 10. The van der Waals surface area contributed by atoms with E-state index in [1.54, 1.807) is 16.8 Å². The molecule has 2 aliphatic rings. The van der Waals surface area contributed by atoms with Crippen molar-refractivity contribution in [1.29, 1.82) is 0 Å². The Morgan fingerprint density at radius 1 is 0.946 bits per heavy atom. The summed E-state index contributed by atoms with van der Waals surface area (Å²) in [6, 6.07) is 12.3. The van der Waals surface area contributed by atoms with Crippen LogP contribution >= 0.6 is 0 Å². The molecule has 192 valence electrons. The van der Waals surface area contributed by atoms with E-state index in [1.807, 2.05) is 36.1 Å². The molecular weight excluding hydrogens is 498 g/mol. The van der Waals surface area contributed by atoms with E-state index in [2.05, 4.69) is 20.3 Å². The number of nitrogens with zero attached hydrogens (tertiary/aromatic N) is 7. The summed E-state index contributed by atoms with van der Waals surface area (Å²) in [6.45, 7) is 4.87. The summed E-state index contributed by atoms with van der Waals surface area (Å²) < 4.78 is 46.3. The summed E-state index contributed by atoms with van der Waals surface area (Å²) in [4.78, 5) is 11.1.